The third kappa shape index (κ3) is 4.61. The van der Waals surface area contributed by atoms with Gasteiger partial charge in [0, 0.05) is 12.2 Å². The van der Waals surface area contributed by atoms with Crippen LogP contribution in [0.15, 0.2) is 42.5 Å². The number of benzene rings is 1. The van der Waals surface area contributed by atoms with Gasteiger partial charge in [-0.3, -0.25) is 0 Å². The summed E-state index contributed by atoms with van der Waals surface area (Å²) in [7, 11) is 0. The number of carboxylic acid groups (broad SMARTS) is 1. The first-order valence-corrected chi connectivity index (χ1v) is 4.30. The summed E-state index contributed by atoms with van der Waals surface area (Å²) < 4.78 is 4.79. The molecule has 1 aromatic carbocycles. The van der Waals surface area contributed by atoms with Crippen molar-refractivity contribution in [1.29, 1.82) is 0 Å². The summed E-state index contributed by atoms with van der Waals surface area (Å²) in [6, 6.07) is 9.14. The maximum absolute atomic E-state index is 10.9. The minimum Gasteiger partial charge on any atom is -0.478 e. The standard InChI is InChI=1S/C11H10O4/c12-10(13)6-7-11(14)15-8-9-4-2-1-3-5-9/h1-7H,8H2,(H,12,13)/b7-6-. The lowest BCUT2D eigenvalue weighted by atomic mass is 10.2. The highest BCUT2D eigenvalue weighted by molar-refractivity contribution is 5.90. The molecule has 0 aliphatic rings. The summed E-state index contributed by atoms with van der Waals surface area (Å²) in [5.41, 5.74) is 0.856. The SMILES string of the molecule is O=C(O)/C=C\C(=O)OCc1ccccc1. The van der Waals surface area contributed by atoms with Crippen molar-refractivity contribution >= 4 is 11.9 Å². The number of carbonyl (C=O) groups excluding carboxylic acids is 1. The molecule has 0 radical (unpaired) electrons. The normalized spacial score (nSPS) is 10.1. The number of aliphatic carboxylic acids is 1. The number of rotatable bonds is 4. The van der Waals surface area contributed by atoms with Crippen molar-refractivity contribution < 1.29 is 19.4 Å². The molecule has 0 unspecified atom stereocenters. The summed E-state index contributed by atoms with van der Waals surface area (Å²) in [4.78, 5) is 21.0. The van der Waals surface area contributed by atoms with Crippen molar-refractivity contribution in [2.24, 2.45) is 0 Å². The van der Waals surface area contributed by atoms with E-state index >= 15 is 0 Å². The fourth-order valence-electron chi connectivity index (χ4n) is 0.916. The molecule has 1 aromatic rings. The van der Waals surface area contributed by atoms with Gasteiger partial charge in [0.1, 0.15) is 6.61 Å². The van der Waals surface area contributed by atoms with Gasteiger partial charge in [0.25, 0.3) is 0 Å². The summed E-state index contributed by atoms with van der Waals surface area (Å²) in [6.45, 7) is 0.142. The average molecular weight is 206 g/mol. The van der Waals surface area contributed by atoms with Gasteiger partial charge in [-0.05, 0) is 5.56 Å². The lowest BCUT2D eigenvalue weighted by Gasteiger charge is -2.00. The van der Waals surface area contributed by atoms with Gasteiger partial charge in [0.05, 0.1) is 0 Å². The van der Waals surface area contributed by atoms with E-state index in [1.807, 2.05) is 30.3 Å². The Kier molecular flexibility index (Phi) is 4.09. The Morgan fingerprint density at radius 3 is 2.47 bits per heavy atom. The second-order valence-corrected chi connectivity index (χ2v) is 2.76. The highest BCUT2D eigenvalue weighted by atomic mass is 16.5. The first-order chi connectivity index (χ1) is 7.18. The molecule has 1 rings (SSSR count). The zero-order valence-electron chi connectivity index (χ0n) is 7.92. The predicted octanol–water partition coefficient (Wildman–Crippen LogP) is 1.37. The predicted molar refractivity (Wildman–Crippen MR) is 53.0 cm³/mol. The van der Waals surface area contributed by atoms with E-state index in [0.29, 0.717) is 0 Å². The first kappa shape index (κ1) is 11.0. The maximum atomic E-state index is 10.9. The van der Waals surface area contributed by atoms with Gasteiger partial charge < -0.3 is 9.84 Å². The fraction of sp³-hybridized carbons (Fsp3) is 0.0909. The van der Waals surface area contributed by atoms with E-state index in [2.05, 4.69) is 0 Å². The second-order valence-electron chi connectivity index (χ2n) is 2.76. The van der Waals surface area contributed by atoms with Crippen molar-refractivity contribution in [3.05, 3.63) is 48.0 Å². The monoisotopic (exact) mass is 206 g/mol. The van der Waals surface area contributed by atoms with Crippen LogP contribution in [0.3, 0.4) is 0 Å². The van der Waals surface area contributed by atoms with E-state index in [0.717, 1.165) is 17.7 Å². The highest BCUT2D eigenvalue weighted by Gasteiger charge is 1.98. The molecule has 1 N–H and O–H groups in total. The Labute approximate surface area is 86.8 Å². The molecule has 0 heterocycles. The van der Waals surface area contributed by atoms with Gasteiger partial charge in [-0.2, -0.15) is 0 Å². The molecule has 0 amide bonds. The van der Waals surface area contributed by atoms with Crippen molar-refractivity contribution in [3.63, 3.8) is 0 Å². The third-order valence-electron chi connectivity index (χ3n) is 1.59. The van der Waals surface area contributed by atoms with Gasteiger partial charge in [0.15, 0.2) is 0 Å². The van der Waals surface area contributed by atoms with Gasteiger partial charge in [-0.15, -0.1) is 0 Å². The van der Waals surface area contributed by atoms with Crippen molar-refractivity contribution in [2.75, 3.05) is 0 Å². The number of hydrogen-bond acceptors (Lipinski definition) is 3. The van der Waals surface area contributed by atoms with Crippen LogP contribution < -0.4 is 0 Å². The summed E-state index contributed by atoms with van der Waals surface area (Å²) >= 11 is 0. The van der Waals surface area contributed by atoms with Crippen LogP contribution in [0.1, 0.15) is 5.56 Å². The topological polar surface area (TPSA) is 63.6 Å². The summed E-state index contributed by atoms with van der Waals surface area (Å²) in [6.07, 6.45) is 1.62. The number of carbonyl (C=O) groups is 2. The van der Waals surface area contributed by atoms with Crippen LogP contribution in [0.4, 0.5) is 0 Å². The lowest BCUT2D eigenvalue weighted by Crippen LogP contribution is -2.01. The van der Waals surface area contributed by atoms with Crippen molar-refractivity contribution in [2.45, 2.75) is 6.61 Å². The smallest absolute Gasteiger partial charge is 0.331 e. The molecule has 78 valence electrons. The Hall–Kier alpha value is -2.10. The molecule has 0 aliphatic heterocycles. The van der Waals surface area contributed by atoms with Crippen LogP contribution >= 0.6 is 0 Å². The van der Waals surface area contributed by atoms with E-state index in [9.17, 15) is 9.59 Å². The largest absolute Gasteiger partial charge is 0.478 e. The molecule has 0 atom stereocenters. The van der Waals surface area contributed by atoms with Crippen molar-refractivity contribution in [3.8, 4) is 0 Å². The Bertz CT molecular complexity index is 367. The quantitative estimate of drug-likeness (QED) is 0.597. The zero-order valence-corrected chi connectivity index (χ0v) is 7.92. The van der Waals surface area contributed by atoms with Gasteiger partial charge >= 0.3 is 11.9 Å². The van der Waals surface area contributed by atoms with Crippen LogP contribution in [-0.2, 0) is 20.9 Å². The van der Waals surface area contributed by atoms with Crippen molar-refractivity contribution in [1.82, 2.24) is 0 Å². The number of carboxylic acids is 1. The third-order valence-corrected chi connectivity index (χ3v) is 1.59. The molecule has 0 bridgehead atoms. The molecule has 0 fully saturated rings. The van der Waals surface area contributed by atoms with Crippen LogP contribution in [0, 0.1) is 0 Å². The fourth-order valence-corrected chi connectivity index (χ4v) is 0.916. The first-order valence-electron chi connectivity index (χ1n) is 4.30. The summed E-state index contributed by atoms with van der Waals surface area (Å²) in [5.74, 6) is -1.84. The van der Waals surface area contributed by atoms with Gasteiger partial charge in [-0.25, -0.2) is 9.59 Å². The molecule has 0 saturated carbocycles. The Balaban J connectivity index is 2.38. The van der Waals surface area contributed by atoms with E-state index in [1.54, 1.807) is 0 Å². The van der Waals surface area contributed by atoms with E-state index in [4.69, 9.17) is 9.84 Å². The van der Waals surface area contributed by atoms with Crippen LogP contribution in [0.25, 0.3) is 0 Å². The van der Waals surface area contributed by atoms with Crippen LogP contribution in [0.2, 0.25) is 0 Å². The molecule has 4 heteroatoms. The molecule has 0 aromatic heterocycles. The lowest BCUT2D eigenvalue weighted by molar-refractivity contribution is -0.139. The Morgan fingerprint density at radius 2 is 1.87 bits per heavy atom. The number of esters is 1. The Morgan fingerprint density at radius 1 is 1.20 bits per heavy atom. The number of hydrogen-bond donors (Lipinski definition) is 1. The molecule has 0 spiro atoms. The van der Waals surface area contributed by atoms with E-state index in [1.165, 1.54) is 0 Å². The van der Waals surface area contributed by atoms with Gasteiger partial charge in [0.2, 0.25) is 0 Å². The zero-order chi connectivity index (χ0) is 11.1. The molecule has 0 saturated heterocycles. The molecule has 4 nitrogen and oxygen atoms in total. The van der Waals surface area contributed by atoms with E-state index < -0.39 is 11.9 Å². The van der Waals surface area contributed by atoms with Gasteiger partial charge in [-0.1, -0.05) is 30.3 Å². The highest BCUT2D eigenvalue weighted by Crippen LogP contribution is 2.00. The minimum absolute atomic E-state index is 0.142. The maximum Gasteiger partial charge on any atom is 0.331 e. The molecular formula is C11H10O4. The second kappa shape index (κ2) is 5.59. The van der Waals surface area contributed by atoms with Crippen LogP contribution in [-0.4, -0.2) is 17.0 Å². The summed E-state index contributed by atoms with van der Waals surface area (Å²) in [5, 5.41) is 8.25. The average Bonchev–Trinajstić information content (AvgIpc) is 2.25. The molecule has 15 heavy (non-hydrogen) atoms. The molecule has 0 aliphatic carbocycles. The number of ether oxygens (including phenoxy) is 1. The van der Waals surface area contributed by atoms with Crippen LogP contribution in [0.5, 0.6) is 0 Å². The van der Waals surface area contributed by atoms with E-state index in [-0.39, 0.29) is 6.61 Å². The molecular weight excluding hydrogens is 196 g/mol. The minimum atomic E-state index is -1.17.